The maximum atomic E-state index is 13.5. The molecule has 3 N–H and O–H groups in total. The summed E-state index contributed by atoms with van der Waals surface area (Å²) in [6, 6.07) is 0. The van der Waals surface area contributed by atoms with Crippen LogP contribution in [0.4, 0.5) is 0 Å². The van der Waals surface area contributed by atoms with Gasteiger partial charge in [-0.1, -0.05) is 26.3 Å². The van der Waals surface area contributed by atoms with Crippen molar-refractivity contribution >= 4 is 23.7 Å². The molecule has 0 aromatic heterocycles. The zero-order chi connectivity index (χ0) is 28.8. The molecule has 1 spiro atoms. The number of hydrogen-bond acceptors (Lipinski definition) is 11. The molecule has 3 aliphatic carbocycles. The Morgan fingerprint density at radius 3 is 2.46 bits per heavy atom. The van der Waals surface area contributed by atoms with Crippen molar-refractivity contribution in [3.8, 4) is 0 Å². The van der Waals surface area contributed by atoms with Crippen LogP contribution in [0.1, 0.15) is 47.5 Å². The molecular formula is C28H36O11. The van der Waals surface area contributed by atoms with Gasteiger partial charge in [0.15, 0.2) is 11.5 Å². The monoisotopic (exact) mass is 548 g/mol. The van der Waals surface area contributed by atoms with Crippen molar-refractivity contribution in [1.82, 2.24) is 0 Å². The Bertz CT molecular complexity index is 1200. The van der Waals surface area contributed by atoms with E-state index >= 15 is 0 Å². The minimum atomic E-state index is -2.22. The van der Waals surface area contributed by atoms with Crippen LogP contribution in [0, 0.1) is 34.5 Å². The summed E-state index contributed by atoms with van der Waals surface area (Å²) in [5.74, 6) is -6.26. The van der Waals surface area contributed by atoms with Crippen LogP contribution >= 0.6 is 0 Å². The van der Waals surface area contributed by atoms with E-state index in [1.54, 1.807) is 20.8 Å². The largest absolute Gasteiger partial charge is 0.504 e. The van der Waals surface area contributed by atoms with Gasteiger partial charge in [-0.25, -0.2) is 14.4 Å². The van der Waals surface area contributed by atoms with E-state index in [2.05, 4.69) is 0 Å². The van der Waals surface area contributed by atoms with Crippen molar-refractivity contribution in [3.63, 3.8) is 0 Å². The summed E-state index contributed by atoms with van der Waals surface area (Å²) in [6.45, 7) is 8.72. The number of Topliss-reactive ketones (excluding diaryl/α,β-unsaturated/α-hetero) is 1. The van der Waals surface area contributed by atoms with Gasteiger partial charge in [-0.15, -0.1) is 0 Å². The summed E-state index contributed by atoms with van der Waals surface area (Å²) in [5, 5.41) is 33.7. The number of carbonyl (C=O) groups excluding carboxylic acids is 4. The lowest BCUT2D eigenvalue weighted by atomic mass is 9.38. The van der Waals surface area contributed by atoms with Crippen LogP contribution in [0.5, 0.6) is 0 Å². The molecule has 2 saturated carbocycles. The number of hydrogen-bond donors (Lipinski definition) is 3. The molecule has 0 amide bonds. The van der Waals surface area contributed by atoms with E-state index in [9.17, 15) is 34.5 Å². The number of methoxy groups -OCH3 is 1. The molecule has 11 nitrogen and oxygen atoms in total. The predicted molar refractivity (Wildman–Crippen MR) is 132 cm³/mol. The number of carbonyl (C=O) groups is 4. The average Bonchev–Trinajstić information content (AvgIpc) is 3.18. The smallest absolute Gasteiger partial charge is 0.348 e. The number of rotatable bonds is 4. The predicted octanol–water partition coefficient (Wildman–Crippen LogP) is 1.15. The van der Waals surface area contributed by atoms with Crippen molar-refractivity contribution in [3.05, 3.63) is 23.0 Å². The molecule has 0 aromatic rings. The Morgan fingerprint density at radius 2 is 1.85 bits per heavy atom. The number of ketones is 1. The number of ether oxygens (including phenoxy) is 4. The van der Waals surface area contributed by atoms with Crippen molar-refractivity contribution in [2.24, 2.45) is 34.5 Å². The van der Waals surface area contributed by atoms with Gasteiger partial charge in [-0.05, 0) is 43.1 Å². The molecule has 39 heavy (non-hydrogen) atoms. The Kier molecular flexibility index (Phi) is 6.32. The third kappa shape index (κ3) is 3.39. The highest BCUT2D eigenvalue weighted by Gasteiger charge is 2.85. The first kappa shape index (κ1) is 27.8. The lowest BCUT2D eigenvalue weighted by Gasteiger charge is -2.67. The minimum absolute atomic E-state index is 0.0302. The Labute approximate surface area is 226 Å². The van der Waals surface area contributed by atoms with Crippen LogP contribution in [-0.2, 0) is 38.1 Å². The number of aliphatic hydroxyl groups is 3. The van der Waals surface area contributed by atoms with Gasteiger partial charge in [-0.3, -0.25) is 4.79 Å². The molecule has 2 bridgehead atoms. The molecule has 2 aliphatic heterocycles. The van der Waals surface area contributed by atoms with E-state index in [0.29, 0.717) is 11.1 Å². The van der Waals surface area contributed by atoms with Crippen LogP contribution in [0.15, 0.2) is 23.0 Å². The van der Waals surface area contributed by atoms with E-state index in [4.69, 9.17) is 18.9 Å². The van der Waals surface area contributed by atoms with Crippen LogP contribution in [-0.4, -0.2) is 82.7 Å². The quantitative estimate of drug-likeness (QED) is 0.262. The van der Waals surface area contributed by atoms with Crippen molar-refractivity contribution in [1.29, 1.82) is 0 Å². The van der Waals surface area contributed by atoms with Gasteiger partial charge in [0.05, 0.1) is 25.7 Å². The molecule has 2 saturated heterocycles. The fourth-order valence-corrected chi connectivity index (χ4v) is 8.37. The molecule has 5 rings (SSSR count). The zero-order valence-electron chi connectivity index (χ0n) is 22.9. The highest BCUT2D eigenvalue weighted by atomic mass is 16.6. The highest BCUT2D eigenvalue weighted by molar-refractivity contribution is 5.95. The average molecular weight is 549 g/mol. The number of fused-ring (bicyclic) bond motifs is 2. The maximum Gasteiger partial charge on any atom is 0.348 e. The van der Waals surface area contributed by atoms with Crippen LogP contribution in [0.2, 0.25) is 0 Å². The first-order valence-corrected chi connectivity index (χ1v) is 13.3. The van der Waals surface area contributed by atoms with Gasteiger partial charge < -0.3 is 34.3 Å². The third-order valence-corrected chi connectivity index (χ3v) is 10.3. The molecule has 10 atom stereocenters. The van der Waals surface area contributed by atoms with Crippen molar-refractivity contribution < 1.29 is 53.4 Å². The molecule has 0 unspecified atom stereocenters. The maximum absolute atomic E-state index is 13.5. The second kappa shape index (κ2) is 8.87. The molecule has 11 heteroatoms. The SMILES string of the molecule is COC(=O)[C@]12OC[C@@]34[C@H]([C@H](O)[C@@H]1O)[C@]1(C)CC(=O)C(O)=C(C)[C@H]1C[C@H]3OC(=O)[C@@H](OC(=O)/C=C(/C)C(C)C)[C@@H]24. The Balaban J connectivity index is 1.71. The van der Waals surface area contributed by atoms with Gasteiger partial charge in [0.2, 0.25) is 11.7 Å². The Hall–Kier alpha value is -2.76. The summed E-state index contributed by atoms with van der Waals surface area (Å²) in [7, 11) is 1.10. The molecule has 2 heterocycles. The summed E-state index contributed by atoms with van der Waals surface area (Å²) in [4.78, 5) is 52.8. The van der Waals surface area contributed by atoms with Crippen LogP contribution in [0.25, 0.3) is 0 Å². The number of aliphatic hydroxyl groups excluding tert-OH is 3. The topological polar surface area (TPSA) is 166 Å². The number of allylic oxidation sites excluding steroid dienone is 3. The summed E-state index contributed by atoms with van der Waals surface area (Å²) in [6.07, 6.45) is -4.75. The normalized spacial score (nSPS) is 44.9. The first-order chi connectivity index (χ1) is 18.2. The lowest BCUT2D eigenvalue weighted by molar-refractivity contribution is -0.290. The molecule has 5 aliphatic rings. The van der Waals surface area contributed by atoms with E-state index in [1.165, 1.54) is 6.08 Å². The molecular weight excluding hydrogens is 512 g/mol. The highest BCUT2D eigenvalue weighted by Crippen LogP contribution is 2.72. The van der Waals surface area contributed by atoms with Crippen molar-refractivity contribution in [2.75, 3.05) is 13.7 Å². The molecule has 214 valence electrons. The number of esters is 3. The molecule has 4 fully saturated rings. The summed E-state index contributed by atoms with van der Waals surface area (Å²) < 4.78 is 22.7. The van der Waals surface area contributed by atoms with Crippen molar-refractivity contribution in [2.45, 2.75) is 77.5 Å². The second-order valence-electron chi connectivity index (χ2n) is 12.3. The fourth-order valence-electron chi connectivity index (χ4n) is 8.37. The van der Waals surface area contributed by atoms with Crippen LogP contribution in [0.3, 0.4) is 0 Å². The van der Waals surface area contributed by atoms with Gasteiger partial charge in [0.1, 0.15) is 12.2 Å². The van der Waals surface area contributed by atoms with E-state index in [-0.39, 0.29) is 31.1 Å². The molecule has 0 radical (unpaired) electrons. The lowest BCUT2D eigenvalue weighted by Crippen LogP contribution is -2.79. The second-order valence-corrected chi connectivity index (χ2v) is 12.3. The van der Waals surface area contributed by atoms with Gasteiger partial charge in [0.25, 0.3) is 0 Å². The summed E-state index contributed by atoms with van der Waals surface area (Å²) in [5.41, 5.74) is -3.43. The van der Waals surface area contributed by atoms with E-state index in [0.717, 1.165) is 7.11 Å². The van der Waals surface area contributed by atoms with Gasteiger partial charge in [-0.2, -0.15) is 0 Å². The summed E-state index contributed by atoms with van der Waals surface area (Å²) >= 11 is 0. The minimum Gasteiger partial charge on any atom is -0.504 e. The third-order valence-electron chi connectivity index (χ3n) is 10.3. The molecule has 0 aromatic carbocycles. The zero-order valence-corrected chi connectivity index (χ0v) is 22.9. The van der Waals surface area contributed by atoms with Crippen LogP contribution < -0.4 is 0 Å². The Morgan fingerprint density at radius 1 is 1.18 bits per heavy atom. The standard InChI is InChI=1S/C28H36O11/c1-11(2)12(3)7-17(30)39-20-22-27-10-37-28(22,25(35)36-6)23(33)19(32)21(27)26(5)9-15(29)18(31)13(4)14(26)8-16(27)38-24(20)34/h7,11,14,16,19-23,31-33H,8-10H2,1-6H3/b12-7-/t14-,16-,19+,20+,21-,22-,23+,26-,27+,28-/m1/s1. The van der Waals surface area contributed by atoms with Gasteiger partial charge in [0, 0.05) is 23.8 Å². The van der Waals surface area contributed by atoms with Gasteiger partial charge >= 0.3 is 17.9 Å². The van der Waals surface area contributed by atoms with E-state index in [1.807, 2.05) is 13.8 Å². The fraction of sp³-hybridized carbons (Fsp3) is 0.714. The van der Waals surface area contributed by atoms with E-state index < -0.39 is 82.3 Å². The first-order valence-electron chi connectivity index (χ1n) is 13.3.